The number of methoxy groups -OCH3 is 2. The molecule has 1 atom stereocenters. The second-order valence-corrected chi connectivity index (χ2v) is 11.2. The summed E-state index contributed by atoms with van der Waals surface area (Å²) in [6, 6.07) is 20.2. The molecule has 5 rings (SSSR count). The standard InChI is InChI=1S/C32H29BrN2O6S/c1-5-40-31(37)28-19(2)34-32-35(29(28)22-12-14-25(38-3)26(17-22)39-4)30(36)27(42-32)16-21-11-13-24(23(33)15-21)41-18-20-9-7-6-8-10-20/h6-17,29H,5,18H2,1-4H3/b27-16-/t29-/m0/s1. The zero-order valence-corrected chi connectivity index (χ0v) is 26.0. The average molecular weight is 650 g/mol. The van der Waals surface area contributed by atoms with Crippen LogP contribution in [0.2, 0.25) is 0 Å². The number of ether oxygens (including phenoxy) is 4. The van der Waals surface area contributed by atoms with E-state index in [0.29, 0.717) is 50.0 Å². The molecule has 3 aromatic carbocycles. The van der Waals surface area contributed by atoms with Crippen molar-refractivity contribution in [1.29, 1.82) is 0 Å². The summed E-state index contributed by atoms with van der Waals surface area (Å²) in [7, 11) is 3.09. The van der Waals surface area contributed by atoms with Gasteiger partial charge in [0.25, 0.3) is 5.56 Å². The lowest BCUT2D eigenvalue weighted by Crippen LogP contribution is -2.39. The van der Waals surface area contributed by atoms with Crippen molar-refractivity contribution in [1.82, 2.24) is 4.57 Å². The fraction of sp³-hybridized carbons (Fsp3) is 0.219. The summed E-state index contributed by atoms with van der Waals surface area (Å²) in [5, 5.41) is 0. The van der Waals surface area contributed by atoms with Gasteiger partial charge in [-0.2, -0.15) is 0 Å². The highest BCUT2D eigenvalue weighted by molar-refractivity contribution is 9.10. The summed E-state index contributed by atoms with van der Waals surface area (Å²) in [5.74, 6) is 1.19. The molecule has 0 amide bonds. The van der Waals surface area contributed by atoms with Gasteiger partial charge in [-0.1, -0.05) is 53.8 Å². The summed E-state index contributed by atoms with van der Waals surface area (Å²) in [4.78, 5) is 32.2. The molecule has 8 nitrogen and oxygen atoms in total. The van der Waals surface area contributed by atoms with Gasteiger partial charge < -0.3 is 18.9 Å². The molecule has 0 saturated heterocycles. The van der Waals surface area contributed by atoms with Crippen LogP contribution in [0, 0.1) is 0 Å². The molecule has 0 bridgehead atoms. The average Bonchev–Trinajstić information content (AvgIpc) is 3.29. The van der Waals surface area contributed by atoms with Crippen molar-refractivity contribution in [3.05, 3.63) is 119 Å². The Balaban J connectivity index is 1.56. The fourth-order valence-electron chi connectivity index (χ4n) is 4.74. The van der Waals surface area contributed by atoms with Crippen molar-refractivity contribution in [2.45, 2.75) is 26.5 Å². The number of thiazole rings is 1. The lowest BCUT2D eigenvalue weighted by Gasteiger charge is -2.25. The smallest absolute Gasteiger partial charge is 0.338 e. The summed E-state index contributed by atoms with van der Waals surface area (Å²) in [6.07, 6.45) is 1.81. The van der Waals surface area contributed by atoms with Crippen LogP contribution in [-0.4, -0.2) is 31.4 Å². The predicted molar refractivity (Wildman–Crippen MR) is 165 cm³/mol. The summed E-state index contributed by atoms with van der Waals surface area (Å²) in [6.45, 7) is 4.13. The van der Waals surface area contributed by atoms with Gasteiger partial charge >= 0.3 is 5.97 Å². The summed E-state index contributed by atoms with van der Waals surface area (Å²) >= 11 is 4.86. The Kier molecular flexibility index (Phi) is 8.94. The van der Waals surface area contributed by atoms with Gasteiger partial charge in [0.15, 0.2) is 16.3 Å². The minimum Gasteiger partial charge on any atom is -0.493 e. The molecule has 0 fully saturated rings. The number of allylic oxidation sites excluding steroid dienone is 1. The van der Waals surface area contributed by atoms with Crippen LogP contribution in [0.15, 0.2) is 92.3 Å². The Hall–Kier alpha value is -4.15. The number of aromatic nitrogens is 1. The number of esters is 1. The number of fused-ring (bicyclic) bond motifs is 1. The Morgan fingerprint density at radius 3 is 2.45 bits per heavy atom. The van der Waals surface area contributed by atoms with Crippen LogP contribution in [0.25, 0.3) is 6.08 Å². The fourth-order valence-corrected chi connectivity index (χ4v) is 6.30. The first kappa shape index (κ1) is 29.3. The number of carbonyl (C=O) groups excluding carboxylic acids is 1. The van der Waals surface area contributed by atoms with Crippen LogP contribution < -0.4 is 29.1 Å². The van der Waals surface area contributed by atoms with E-state index in [2.05, 4.69) is 20.9 Å². The Labute approximate surface area is 255 Å². The first-order chi connectivity index (χ1) is 20.3. The van der Waals surface area contributed by atoms with E-state index in [9.17, 15) is 9.59 Å². The Bertz CT molecular complexity index is 1840. The Morgan fingerprint density at radius 2 is 1.76 bits per heavy atom. The second-order valence-electron chi connectivity index (χ2n) is 9.38. The van der Waals surface area contributed by atoms with Crippen molar-refractivity contribution < 1.29 is 23.7 Å². The predicted octanol–water partition coefficient (Wildman–Crippen LogP) is 5.16. The molecule has 1 aliphatic heterocycles. The lowest BCUT2D eigenvalue weighted by atomic mass is 9.95. The van der Waals surface area contributed by atoms with E-state index in [1.54, 1.807) is 37.7 Å². The van der Waals surface area contributed by atoms with Gasteiger partial charge in [-0.15, -0.1) is 0 Å². The number of benzene rings is 3. The molecule has 0 radical (unpaired) electrons. The third-order valence-electron chi connectivity index (χ3n) is 6.73. The lowest BCUT2D eigenvalue weighted by molar-refractivity contribution is -0.139. The van der Waals surface area contributed by atoms with Gasteiger partial charge in [-0.05, 0) is 76.8 Å². The van der Waals surface area contributed by atoms with Crippen LogP contribution in [0.1, 0.15) is 36.6 Å². The van der Waals surface area contributed by atoms with Crippen molar-refractivity contribution in [2.24, 2.45) is 4.99 Å². The number of hydrogen-bond acceptors (Lipinski definition) is 8. The van der Waals surface area contributed by atoms with Crippen LogP contribution in [0.4, 0.5) is 0 Å². The molecule has 1 aromatic heterocycles. The number of hydrogen-bond donors (Lipinski definition) is 0. The van der Waals surface area contributed by atoms with Gasteiger partial charge in [0.05, 0.1) is 47.1 Å². The first-order valence-corrected chi connectivity index (χ1v) is 14.8. The van der Waals surface area contributed by atoms with Gasteiger partial charge in [0.1, 0.15) is 12.4 Å². The number of rotatable bonds is 9. The maximum Gasteiger partial charge on any atom is 0.338 e. The van der Waals surface area contributed by atoms with Gasteiger partial charge in [0, 0.05) is 0 Å². The number of carbonyl (C=O) groups is 1. The third-order valence-corrected chi connectivity index (χ3v) is 8.33. The molecule has 0 saturated carbocycles. The molecule has 10 heteroatoms. The third kappa shape index (κ3) is 5.91. The largest absolute Gasteiger partial charge is 0.493 e. The van der Waals surface area contributed by atoms with E-state index in [4.69, 9.17) is 18.9 Å². The van der Waals surface area contributed by atoms with E-state index >= 15 is 0 Å². The molecule has 1 aliphatic rings. The SMILES string of the molecule is CCOC(=O)C1=C(C)N=c2s/c(=C\c3ccc(OCc4ccccc4)c(Br)c3)c(=O)n2[C@H]1c1ccc(OC)c(OC)c1. The highest BCUT2D eigenvalue weighted by Gasteiger charge is 2.34. The monoisotopic (exact) mass is 648 g/mol. The summed E-state index contributed by atoms with van der Waals surface area (Å²) in [5.41, 5.74) is 3.06. The second kappa shape index (κ2) is 12.8. The van der Waals surface area contributed by atoms with Gasteiger partial charge in [-0.3, -0.25) is 9.36 Å². The molecule has 0 N–H and O–H groups in total. The maximum absolute atomic E-state index is 13.9. The molecular weight excluding hydrogens is 620 g/mol. The van der Waals surface area contributed by atoms with E-state index in [1.807, 2.05) is 60.7 Å². The van der Waals surface area contributed by atoms with Gasteiger partial charge in [0.2, 0.25) is 0 Å². The van der Waals surface area contributed by atoms with Crippen molar-refractivity contribution >= 4 is 39.3 Å². The van der Waals surface area contributed by atoms with E-state index < -0.39 is 12.0 Å². The molecule has 0 unspecified atom stereocenters. The van der Waals surface area contributed by atoms with E-state index in [0.717, 1.165) is 15.6 Å². The Morgan fingerprint density at radius 1 is 1.02 bits per heavy atom. The van der Waals surface area contributed by atoms with Gasteiger partial charge in [-0.25, -0.2) is 9.79 Å². The molecule has 0 spiro atoms. The molecule has 2 heterocycles. The van der Waals surface area contributed by atoms with Crippen LogP contribution in [0.5, 0.6) is 17.2 Å². The van der Waals surface area contributed by atoms with Crippen molar-refractivity contribution in [3.8, 4) is 17.2 Å². The molecule has 0 aliphatic carbocycles. The zero-order chi connectivity index (χ0) is 29.8. The normalized spacial score (nSPS) is 14.7. The molecule has 4 aromatic rings. The van der Waals surface area contributed by atoms with Crippen LogP contribution in [0.3, 0.4) is 0 Å². The number of nitrogens with zero attached hydrogens (tertiary/aromatic N) is 2. The van der Waals surface area contributed by atoms with Crippen molar-refractivity contribution in [3.63, 3.8) is 0 Å². The minimum atomic E-state index is -0.761. The molecule has 42 heavy (non-hydrogen) atoms. The first-order valence-electron chi connectivity index (χ1n) is 13.2. The quantitative estimate of drug-likeness (QED) is 0.233. The highest BCUT2D eigenvalue weighted by Crippen LogP contribution is 2.36. The van der Waals surface area contributed by atoms with E-state index in [1.165, 1.54) is 18.4 Å². The topological polar surface area (TPSA) is 88.4 Å². The summed E-state index contributed by atoms with van der Waals surface area (Å²) < 4.78 is 25.1. The molecular formula is C32H29BrN2O6S. The van der Waals surface area contributed by atoms with Crippen LogP contribution >= 0.6 is 27.3 Å². The number of halogens is 1. The molecule has 216 valence electrons. The van der Waals surface area contributed by atoms with Crippen molar-refractivity contribution in [2.75, 3.05) is 20.8 Å². The maximum atomic E-state index is 13.9. The highest BCUT2D eigenvalue weighted by atomic mass is 79.9. The van der Waals surface area contributed by atoms with E-state index in [-0.39, 0.29) is 12.2 Å². The zero-order valence-electron chi connectivity index (χ0n) is 23.5. The minimum absolute atomic E-state index is 0.193. The van der Waals surface area contributed by atoms with Crippen LogP contribution in [-0.2, 0) is 16.1 Å².